The molecular formula is C9H16F3NO2. The van der Waals surface area contributed by atoms with Gasteiger partial charge in [-0.15, -0.1) is 0 Å². The van der Waals surface area contributed by atoms with E-state index in [4.69, 9.17) is 9.47 Å². The lowest BCUT2D eigenvalue weighted by molar-refractivity contribution is -0.125. The lowest BCUT2D eigenvalue weighted by atomic mass is 10.1. The summed E-state index contributed by atoms with van der Waals surface area (Å²) in [6.07, 6.45) is -3.16. The molecule has 1 heterocycles. The van der Waals surface area contributed by atoms with E-state index >= 15 is 0 Å². The van der Waals surface area contributed by atoms with E-state index < -0.39 is 12.7 Å². The third kappa shape index (κ3) is 6.70. The molecule has 0 saturated carbocycles. The molecule has 1 fully saturated rings. The largest absolute Gasteiger partial charge is 0.401 e. The first-order valence-electron chi connectivity index (χ1n) is 5.01. The second-order valence-corrected chi connectivity index (χ2v) is 3.60. The number of rotatable bonds is 6. The van der Waals surface area contributed by atoms with Crippen molar-refractivity contribution < 1.29 is 22.6 Å². The maximum absolute atomic E-state index is 11.7. The van der Waals surface area contributed by atoms with Crippen LogP contribution in [0.3, 0.4) is 0 Å². The van der Waals surface area contributed by atoms with E-state index in [0.717, 1.165) is 13.0 Å². The highest BCUT2D eigenvalue weighted by molar-refractivity contribution is 4.63. The van der Waals surface area contributed by atoms with Crippen molar-refractivity contribution in [1.29, 1.82) is 0 Å². The van der Waals surface area contributed by atoms with Crippen LogP contribution in [0.4, 0.5) is 13.2 Å². The Balaban J connectivity index is 1.84. The normalized spacial score (nSPS) is 22.2. The Morgan fingerprint density at radius 2 is 2.20 bits per heavy atom. The molecule has 1 N–H and O–H groups in total. The minimum absolute atomic E-state index is 0.229. The maximum Gasteiger partial charge on any atom is 0.401 e. The van der Waals surface area contributed by atoms with Crippen LogP contribution < -0.4 is 5.32 Å². The van der Waals surface area contributed by atoms with Crippen molar-refractivity contribution in [2.75, 3.05) is 39.5 Å². The van der Waals surface area contributed by atoms with Crippen LogP contribution >= 0.6 is 0 Å². The quantitative estimate of drug-likeness (QED) is 0.691. The monoisotopic (exact) mass is 227 g/mol. The third-order valence-corrected chi connectivity index (χ3v) is 2.13. The summed E-state index contributed by atoms with van der Waals surface area (Å²) in [4.78, 5) is 0. The highest BCUT2D eigenvalue weighted by atomic mass is 19.4. The van der Waals surface area contributed by atoms with E-state index in [1.807, 2.05) is 0 Å². The van der Waals surface area contributed by atoms with Gasteiger partial charge in [0, 0.05) is 19.1 Å². The van der Waals surface area contributed by atoms with Crippen molar-refractivity contribution in [3.8, 4) is 0 Å². The van der Waals surface area contributed by atoms with E-state index in [2.05, 4.69) is 5.32 Å². The summed E-state index contributed by atoms with van der Waals surface area (Å²) in [6.45, 7) is 1.63. The zero-order chi connectivity index (χ0) is 11.1. The topological polar surface area (TPSA) is 30.5 Å². The lowest BCUT2D eigenvalue weighted by Crippen LogP contribution is -2.31. The van der Waals surface area contributed by atoms with E-state index in [1.165, 1.54) is 0 Å². The van der Waals surface area contributed by atoms with E-state index in [1.54, 1.807) is 0 Å². The van der Waals surface area contributed by atoms with Gasteiger partial charge in [-0.2, -0.15) is 13.2 Å². The van der Waals surface area contributed by atoms with Gasteiger partial charge in [-0.25, -0.2) is 0 Å². The van der Waals surface area contributed by atoms with Gasteiger partial charge < -0.3 is 14.8 Å². The van der Waals surface area contributed by atoms with Crippen LogP contribution in [0.5, 0.6) is 0 Å². The second kappa shape index (κ2) is 6.30. The van der Waals surface area contributed by atoms with Crippen molar-refractivity contribution in [2.45, 2.75) is 12.6 Å². The van der Waals surface area contributed by atoms with Gasteiger partial charge in [0.2, 0.25) is 0 Å². The Morgan fingerprint density at radius 1 is 1.40 bits per heavy atom. The summed E-state index contributed by atoms with van der Waals surface area (Å²) < 4.78 is 45.4. The van der Waals surface area contributed by atoms with Crippen LogP contribution in [0, 0.1) is 5.92 Å². The summed E-state index contributed by atoms with van der Waals surface area (Å²) in [6, 6.07) is 0. The van der Waals surface area contributed by atoms with Gasteiger partial charge >= 0.3 is 6.18 Å². The predicted molar refractivity (Wildman–Crippen MR) is 48.7 cm³/mol. The Hall–Kier alpha value is -0.330. The molecule has 0 aromatic rings. The van der Waals surface area contributed by atoms with Crippen LogP contribution in [0.2, 0.25) is 0 Å². The molecule has 0 spiro atoms. The summed E-state index contributed by atoms with van der Waals surface area (Å²) in [5.74, 6) is 0.410. The number of alkyl halides is 3. The molecule has 15 heavy (non-hydrogen) atoms. The van der Waals surface area contributed by atoms with Crippen LogP contribution in [0.25, 0.3) is 0 Å². The van der Waals surface area contributed by atoms with Gasteiger partial charge in [0.25, 0.3) is 0 Å². The summed E-state index contributed by atoms with van der Waals surface area (Å²) >= 11 is 0. The maximum atomic E-state index is 11.7. The van der Waals surface area contributed by atoms with Crippen LogP contribution in [0.15, 0.2) is 0 Å². The van der Waals surface area contributed by atoms with E-state index in [-0.39, 0.29) is 6.54 Å². The van der Waals surface area contributed by atoms with Gasteiger partial charge in [-0.1, -0.05) is 0 Å². The van der Waals surface area contributed by atoms with E-state index in [9.17, 15) is 13.2 Å². The molecule has 0 bridgehead atoms. The molecule has 0 aromatic heterocycles. The molecule has 0 aliphatic carbocycles. The molecule has 0 aromatic carbocycles. The Bertz CT molecular complexity index is 169. The molecule has 1 saturated heterocycles. The number of halogens is 3. The van der Waals surface area contributed by atoms with Gasteiger partial charge in [-0.05, 0) is 6.42 Å². The van der Waals surface area contributed by atoms with Gasteiger partial charge in [0.1, 0.15) is 0 Å². The van der Waals surface area contributed by atoms with Crippen molar-refractivity contribution in [2.24, 2.45) is 5.92 Å². The van der Waals surface area contributed by atoms with Gasteiger partial charge in [0.15, 0.2) is 0 Å². The zero-order valence-electron chi connectivity index (χ0n) is 8.48. The highest BCUT2D eigenvalue weighted by Gasteiger charge is 2.25. The molecular weight excluding hydrogens is 211 g/mol. The molecule has 1 atom stereocenters. The average molecular weight is 227 g/mol. The van der Waals surface area contributed by atoms with Crippen molar-refractivity contribution in [3.63, 3.8) is 0 Å². The average Bonchev–Trinajstić information content (AvgIpc) is 2.61. The molecule has 1 aliphatic rings. The lowest BCUT2D eigenvalue weighted by Gasteiger charge is -2.10. The molecule has 1 unspecified atom stereocenters. The zero-order valence-corrected chi connectivity index (χ0v) is 8.48. The fraction of sp³-hybridized carbons (Fsp3) is 1.00. The SMILES string of the molecule is FC(F)(F)CNCCOCC1CCOC1. The first kappa shape index (κ1) is 12.7. The first-order valence-corrected chi connectivity index (χ1v) is 5.01. The summed E-state index contributed by atoms with van der Waals surface area (Å²) in [5.41, 5.74) is 0. The molecule has 0 radical (unpaired) electrons. The molecule has 6 heteroatoms. The van der Waals surface area contributed by atoms with Gasteiger partial charge in [0.05, 0.1) is 26.4 Å². The standard InChI is InChI=1S/C9H16F3NO2/c10-9(11,12)7-13-2-4-15-6-8-1-3-14-5-8/h8,13H,1-7H2. The molecule has 1 aliphatic heterocycles. The van der Waals surface area contributed by atoms with Crippen LogP contribution in [-0.4, -0.2) is 45.7 Å². The smallest absolute Gasteiger partial charge is 0.381 e. The fourth-order valence-electron chi connectivity index (χ4n) is 1.34. The Labute approximate surface area is 86.9 Å². The summed E-state index contributed by atoms with van der Waals surface area (Å²) in [7, 11) is 0. The Morgan fingerprint density at radius 3 is 2.80 bits per heavy atom. The number of ether oxygens (including phenoxy) is 2. The highest BCUT2D eigenvalue weighted by Crippen LogP contribution is 2.12. The minimum Gasteiger partial charge on any atom is -0.381 e. The first-order chi connectivity index (χ1) is 7.08. The third-order valence-electron chi connectivity index (χ3n) is 2.13. The minimum atomic E-state index is -4.14. The van der Waals surface area contributed by atoms with Crippen molar-refractivity contribution in [3.05, 3.63) is 0 Å². The number of hydrogen-bond acceptors (Lipinski definition) is 3. The molecule has 90 valence electrons. The summed E-state index contributed by atoms with van der Waals surface area (Å²) in [5, 5.41) is 2.27. The fourth-order valence-corrected chi connectivity index (χ4v) is 1.34. The van der Waals surface area contributed by atoms with Crippen LogP contribution in [-0.2, 0) is 9.47 Å². The van der Waals surface area contributed by atoms with Gasteiger partial charge in [-0.3, -0.25) is 0 Å². The second-order valence-electron chi connectivity index (χ2n) is 3.60. The Kier molecular flexibility index (Phi) is 5.35. The molecule has 0 amide bonds. The molecule has 3 nitrogen and oxygen atoms in total. The van der Waals surface area contributed by atoms with E-state index in [0.29, 0.717) is 25.7 Å². The van der Waals surface area contributed by atoms with Crippen molar-refractivity contribution in [1.82, 2.24) is 5.32 Å². The number of hydrogen-bond donors (Lipinski definition) is 1. The number of nitrogens with one attached hydrogen (secondary N) is 1. The predicted octanol–water partition coefficient (Wildman–Crippen LogP) is 1.19. The molecule has 1 rings (SSSR count). The van der Waals surface area contributed by atoms with Crippen LogP contribution in [0.1, 0.15) is 6.42 Å². The van der Waals surface area contributed by atoms with Crippen molar-refractivity contribution >= 4 is 0 Å².